The number of carboxylic acid groups (broad SMARTS) is 1. The van der Waals surface area contributed by atoms with E-state index in [1.165, 1.54) is 0 Å². The maximum Gasteiger partial charge on any atom is 0.328 e. The van der Waals surface area contributed by atoms with Crippen LogP contribution in [0.5, 0.6) is 0 Å². The first kappa shape index (κ1) is 28.1. The van der Waals surface area contributed by atoms with E-state index in [-0.39, 0.29) is 38.3 Å². The van der Waals surface area contributed by atoms with Gasteiger partial charge in [0, 0.05) is 30.1 Å². The first-order valence-corrected chi connectivity index (χ1v) is 11.2. The number of aromatic amines is 1. The van der Waals surface area contributed by atoms with Crippen LogP contribution in [0.15, 0.2) is 35.5 Å². The molecule has 0 fully saturated rings. The van der Waals surface area contributed by atoms with Crippen molar-refractivity contribution in [3.05, 3.63) is 36.0 Å². The second-order valence-electron chi connectivity index (χ2n) is 7.98. The highest BCUT2D eigenvalue weighted by Gasteiger charge is 2.29. The van der Waals surface area contributed by atoms with Gasteiger partial charge >= 0.3 is 5.97 Å². The largest absolute Gasteiger partial charge is 0.480 e. The number of aliphatic carboxylic acids is 1. The highest BCUT2D eigenvalue weighted by atomic mass is 16.4. The van der Waals surface area contributed by atoms with E-state index < -0.39 is 48.4 Å². The standard InChI is InChI=1S/C22H32N8O6/c23-9-18(32)28-16(8-12-10-27-14-5-2-1-4-13(12)14)20(34)29-15(6-3-7-26-22(24)25)19(33)30-17(11-31)21(35)36/h1-2,4-5,10,15-17,27,31H,3,6-9,11,23H2,(H,28,32)(H,29,34)(H,30,33)(H,35,36)(H4,24,25,26). The van der Waals surface area contributed by atoms with Crippen LogP contribution in [-0.2, 0) is 25.6 Å². The van der Waals surface area contributed by atoms with Crippen LogP contribution in [0, 0.1) is 0 Å². The molecule has 0 aliphatic heterocycles. The minimum Gasteiger partial charge on any atom is -0.480 e. The number of carbonyl (C=O) groups excluding carboxylic acids is 3. The number of carboxylic acids is 1. The summed E-state index contributed by atoms with van der Waals surface area (Å²) in [6, 6.07) is 3.58. The van der Waals surface area contributed by atoms with Crippen molar-refractivity contribution in [3.63, 3.8) is 0 Å². The quantitative estimate of drug-likeness (QED) is 0.0733. The molecule has 0 saturated carbocycles. The lowest BCUT2D eigenvalue weighted by Crippen LogP contribution is -2.57. The average Bonchev–Trinajstić information content (AvgIpc) is 3.25. The van der Waals surface area contributed by atoms with Crippen LogP contribution in [0.3, 0.4) is 0 Å². The van der Waals surface area contributed by atoms with E-state index in [4.69, 9.17) is 22.3 Å². The number of hydrogen-bond donors (Lipinski definition) is 9. The lowest BCUT2D eigenvalue weighted by Gasteiger charge is -2.24. The first-order valence-electron chi connectivity index (χ1n) is 11.2. The predicted octanol–water partition coefficient (Wildman–Crippen LogP) is -2.75. The second-order valence-corrected chi connectivity index (χ2v) is 7.98. The number of nitrogens with one attached hydrogen (secondary N) is 4. The average molecular weight is 505 g/mol. The Labute approximate surface area is 206 Å². The number of aliphatic imine (C=N–C) groups is 1. The summed E-state index contributed by atoms with van der Waals surface area (Å²) < 4.78 is 0. The number of nitrogens with two attached hydrogens (primary N) is 3. The van der Waals surface area contributed by atoms with E-state index >= 15 is 0 Å². The number of hydrogen-bond acceptors (Lipinski definition) is 7. The van der Waals surface area contributed by atoms with E-state index in [9.17, 15) is 24.3 Å². The third-order valence-electron chi connectivity index (χ3n) is 5.31. The van der Waals surface area contributed by atoms with E-state index in [1.807, 2.05) is 24.3 Å². The van der Waals surface area contributed by atoms with Gasteiger partial charge in [0.25, 0.3) is 0 Å². The molecule has 196 valence electrons. The number of rotatable bonds is 14. The molecule has 0 saturated heterocycles. The van der Waals surface area contributed by atoms with Crippen molar-refractivity contribution in [2.24, 2.45) is 22.2 Å². The van der Waals surface area contributed by atoms with E-state index in [0.717, 1.165) is 16.5 Å². The van der Waals surface area contributed by atoms with Gasteiger partial charge in [-0.3, -0.25) is 19.4 Å². The molecule has 36 heavy (non-hydrogen) atoms. The van der Waals surface area contributed by atoms with Crippen LogP contribution in [0.4, 0.5) is 0 Å². The number of guanidine groups is 1. The molecule has 2 rings (SSSR count). The SMILES string of the molecule is NCC(=O)NC(Cc1c[nH]c2ccccc12)C(=O)NC(CCCN=C(N)N)C(=O)NC(CO)C(=O)O. The normalized spacial score (nSPS) is 13.3. The van der Waals surface area contributed by atoms with Gasteiger partial charge in [0.2, 0.25) is 17.7 Å². The fourth-order valence-corrected chi connectivity index (χ4v) is 3.49. The number of amides is 3. The number of benzene rings is 1. The van der Waals surface area contributed by atoms with Crippen molar-refractivity contribution in [2.75, 3.05) is 19.7 Å². The molecule has 0 aliphatic carbocycles. The summed E-state index contributed by atoms with van der Waals surface area (Å²) in [6.45, 7) is -1.03. The molecule has 0 radical (unpaired) electrons. The van der Waals surface area contributed by atoms with Crippen LogP contribution < -0.4 is 33.2 Å². The number of nitrogens with zero attached hydrogens (tertiary/aromatic N) is 1. The van der Waals surface area contributed by atoms with Crippen molar-refractivity contribution in [1.29, 1.82) is 0 Å². The van der Waals surface area contributed by atoms with Crippen molar-refractivity contribution in [3.8, 4) is 0 Å². The Morgan fingerprint density at radius 2 is 1.67 bits per heavy atom. The predicted molar refractivity (Wildman–Crippen MR) is 131 cm³/mol. The minimum atomic E-state index is -1.56. The molecule has 3 atom stereocenters. The Morgan fingerprint density at radius 1 is 1.00 bits per heavy atom. The van der Waals surface area contributed by atoms with Gasteiger partial charge in [0.1, 0.15) is 18.1 Å². The Balaban J connectivity index is 2.23. The molecule has 3 amide bonds. The first-order chi connectivity index (χ1) is 17.2. The molecule has 12 N–H and O–H groups in total. The third kappa shape index (κ3) is 8.25. The van der Waals surface area contributed by atoms with Crippen LogP contribution in [0.2, 0.25) is 0 Å². The topological polar surface area (TPSA) is 251 Å². The zero-order valence-corrected chi connectivity index (χ0v) is 19.6. The molecule has 1 aromatic carbocycles. The van der Waals surface area contributed by atoms with Gasteiger partial charge in [-0.2, -0.15) is 0 Å². The van der Waals surface area contributed by atoms with E-state index in [2.05, 4.69) is 25.9 Å². The number of para-hydroxylation sites is 1. The number of H-pyrrole nitrogens is 1. The maximum atomic E-state index is 13.2. The van der Waals surface area contributed by atoms with Crippen LogP contribution in [0.1, 0.15) is 18.4 Å². The summed E-state index contributed by atoms with van der Waals surface area (Å²) in [5, 5.41) is 26.5. The van der Waals surface area contributed by atoms with Gasteiger partial charge in [-0.15, -0.1) is 0 Å². The number of aliphatic hydroxyl groups excluding tert-OH is 1. The molecule has 1 heterocycles. The third-order valence-corrected chi connectivity index (χ3v) is 5.31. The van der Waals surface area contributed by atoms with E-state index in [0.29, 0.717) is 0 Å². The molecular formula is C22H32N8O6. The lowest BCUT2D eigenvalue weighted by atomic mass is 10.0. The van der Waals surface area contributed by atoms with Crippen molar-refractivity contribution in [1.82, 2.24) is 20.9 Å². The minimum absolute atomic E-state index is 0.0523. The zero-order valence-electron chi connectivity index (χ0n) is 19.6. The summed E-state index contributed by atoms with van der Waals surface area (Å²) in [6.07, 6.45) is 2.14. The molecule has 0 spiro atoms. The van der Waals surface area contributed by atoms with Crippen molar-refractivity contribution >= 4 is 40.6 Å². The number of aliphatic hydroxyl groups is 1. The highest BCUT2D eigenvalue weighted by Crippen LogP contribution is 2.19. The summed E-state index contributed by atoms with van der Waals surface area (Å²) in [7, 11) is 0. The molecule has 0 bridgehead atoms. The molecule has 1 aromatic heterocycles. The Morgan fingerprint density at radius 3 is 2.31 bits per heavy atom. The van der Waals surface area contributed by atoms with E-state index in [1.54, 1.807) is 6.20 Å². The molecule has 14 nitrogen and oxygen atoms in total. The molecule has 2 aromatic rings. The Bertz CT molecular complexity index is 1100. The molecular weight excluding hydrogens is 472 g/mol. The summed E-state index contributed by atoms with van der Waals surface area (Å²) in [5.74, 6) is -3.67. The van der Waals surface area contributed by atoms with Gasteiger partial charge in [-0.25, -0.2) is 4.79 Å². The fourth-order valence-electron chi connectivity index (χ4n) is 3.49. The molecule has 14 heteroatoms. The zero-order chi connectivity index (χ0) is 26.7. The van der Waals surface area contributed by atoms with Gasteiger partial charge in [0.05, 0.1) is 13.2 Å². The Kier molecular flexibility index (Phi) is 10.6. The van der Waals surface area contributed by atoms with Gasteiger partial charge in [-0.1, -0.05) is 18.2 Å². The smallest absolute Gasteiger partial charge is 0.328 e. The van der Waals surface area contributed by atoms with Gasteiger partial charge in [0.15, 0.2) is 5.96 Å². The maximum absolute atomic E-state index is 13.2. The number of carbonyl (C=O) groups is 4. The van der Waals surface area contributed by atoms with Crippen LogP contribution in [-0.4, -0.2) is 82.7 Å². The summed E-state index contributed by atoms with van der Waals surface area (Å²) >= 11 is 0. The second kappa shape index (κ2) is 13.7. The van der Waals surface area contributed by atoms with Crippen molar-refractivity contribution in [2.45, 2.75) is 37.4 Å². The fraction of sp³-hybridized carbons (Fsp3) is 0.409. The van der Waals surface area contributed by atoms with Crippen molar-refractivity contribution < 1.29 is 29.4 Å². The van der Waals surface area contributed by atoms with Crippen LogP contribution in [0.25, 0.3) is 10.9 Å². The monoisotopic (exact) mass is 504 g/mol. The van der Waals surface area contributed by atoms with Crippen LogP contribution >= 0.6 is 0 Å². The lowest BCUT2D eigenvalue weighted by molar-refractivity contribution is -0.143. The molecule has 0 aliphatic rings. The summed E-state index contributed by atoms with van der Waals surface area (Å²) in [5.41, 5.74) is 17.6. The van der Waals surface area contributed by atoms with Gasteiger partial charge < -0.3 is 48.3 Å². The molecule has 3 unspecified atom stereocenters. The Hall–Kier alpha value is -4.17. The number of aromatic nitrogens is 1. The van der Waals surface area contributed by atoms with Gasteiger partial charge in [-0.05, 0) is 24.5 Å². The summed E-state index contributed by atoms with van der Waals surface area (Å²) in [4.78, 5) is 56.2. The highest BCUT2D eigenvalue weighted by molar-refractivity contribution is 5.94. The number of fused-ring (bicyclic) bond motifs is 1.